The number of rotatable bonds is 8. The first-order chi connectivity index (χ1) is 20.3. The fourth-order valence-electron chi connectivity index (χ4n) is 4.43. The largest absolute Gasteiger partial charge is 0.881 e. The van der Waals surface area contributed by atoms with Crippen molar-refractivity contribution in [2.45, 2.75) is 0 Å². The van der Waals surface area contributed by atoms with Crippen LogP contribution in [0.15, 0.2) is 136 Å². The standard InChI is InChI=1S/C20H14N2O2.C13H9NO2.Al/c23-18-12-10-17(11-13-18)20-22-21-19(24-20)16-8-6-15(7-9-16)14-4-2-1-3-5-14;15-11-7-3-1-5-9(11)13-14-10-6-2-4-8-12(10)16-13;/h1-13,23H;1-8,15H;/q;;+2/p-2. The molecule has 1 radical (unpaired) electrons. The number of oxazole rings is 1. The van der Waals surface area contributed by atoms with Gasteiger partial charge in [0, 0.05) is 11.1 Å². The fraction of sp³-hybridized carbons (Fsp3) is 0. The van der Waals surface area contributed by atoms with Gasteiger partial charge in [0.2, 0.25) is 17.7 Å². The monoisotopic (exact) mass is 550 g/mol. The van der Waals surface area contributed by atoms with E-state index in [1.54, 1.807) is 0 Å². The van der Waals surface area contributed by atoms with Gasteiger partial charge in [0.15, 0.2) is 5.58 Å². The highest BCUT2D eigenvalue weighted by atomic mass is 27.2. The van der Waals surface area contributed by atoms with Crippen LogP contribution in [0.5, 0.6) is 11.5 Å². The van der Waals surface area contributed by atoms with Crippen molar-refractivity contribution in [1.82, 2.24) is 15.2 Å². The minimum atomic E-state index is -0.829. The van der Waals surface area contributed by atoms with Gasteiger partial charge in [-0.3, -0.25) is 0 Å². The van der Waals surface area contributed by atoms with E-state index in [4.69, 9.17) is 16.4 Å². The number of para-hydroxylation sites is 3. The highest BCUT2D eigenvalue weighted by molar-refractivity contribution is 6.21. The maximum absolute atomic E-state index is 6.02. The van der Waals surface area contributed by atoms with E-state index in [0.29, 0.717) is 29.2 Å². The summed E-state index contributed by atoms with van der Waals surface area (Å²) in [5.41, 5.74) is 6.26. The van der Waals surface area contributed by atoms with Crippen LogP contribution in [0.2, 0.25) is 0 Å². The first-order valence-corrected chi connectivity index (χ1v) is 13.9. The molecule has 5 aromatic carbocycles. The van der Waals surface area contributed by atoms with Crippen molar-refractivity contribution in [1.29, 1.82) is 0 Å². The molecule has 0 N–H and O–H groups in total. The van der Waals surface area contributed by atoms with E-state index in [-0.39, 0.29) is 0 Å². The molecule has 2 aromatic heterocycles. The zero-order valence-electron chi connectivity index (χ0n) is 21.7. The smallest absolute Gasteiger partial charge is 0.616 e. The molecule has 0 saturated heterocycles. The van der Waals surface area contributed by atoms with Crippen LogP contribution in [0.3, 0.4) is 0 Å². The summed E-state index contributed by atoms with van der Waals surface area (Å²) in [6, 6.07) is 41.1. The Hall–Kier alpha value is -5.16. The van der Waals surface area contributed by atoms with Crippen LogP contribution in [0.1, 0.15) is 0 Å². The van der Waals surface area contributed by atoms with Gasteiger partial charge in [0.25, 0.3) is 0 Å². The summed E-state index contributed by atoms with van der Waals surface area (Å²) in [6.07, 6.45) is 0. The Balaban J connectivity index is 0.997. The summed E-state index contributed by atoms with van der Waals surface area (Å²) in [5.74, 6) is 2.75. The van der Waals surface area contributed by atoms with Crippen LogP contribution in [-0.4, -0.2) is 31.1 Å². The van der Waals surface area contributed by atoms with Crippen LogP contribution in [0, 0.1) is 0 Å². The molecule has 0 aliphatic heterocycles. The van der Waals surface area contributed by atoms with Crippen molar-refractivity contribution < 1.29 is 16.4 Å². The maximum atomic E-state index is 6.02. The molecule has 0 unspecified atom stereocenters. The van der Waals surface area contributed by atoms with E-state index in [0.717, 1.165) is 38.9 Å². The zero-order valence-corrected chi connectivity index (χ0v) is 22.8. The second-order valence-corrected chi connectivity index (χ2v) is 9.86. The predicted molar refractivity (Wildman–Crippen MR) is 157 cm³/mol. The van der Waals surface area contributed by atoms with Crippen LogP contribution in [0.25, 0.3) is 56.6 Å². The Morgan fingerprint density at radius 2 is 1.10 bits per heavy atom. The van der Waals surface area contributed by atoms with Gasteiger partial charge in [-0.2, -0.15) is 0 Å². The lowest BCUT2D eigenvalue weighted by molar-refractivity contribution is 0.458. The topological polar surface area (TPSA) is 83.4 Å². The molecule has 0 fully saturated rings. The van der Waals surface area contributed by atoms with E-state index in [9.17, 15) is 0 Å². The van der Waals surface area contributed by atoms with E-state index in [2.05, 4.69) is 39.4 Å². The predicted octanol–water partition coefficient (Wildman–Crippen LogP) is 7.87. The molecule has 7 nitrogen and oxygen atoms in total. The van der Waals surface area contributed by atoms with E-state index >= 15 is 0 Å². The summed E-state index contributed by atoms with van der Waals surface area (Å²) in [6.45, 7) is 0. The van der Waals surface area contributed by atoms with Gasteiger partial charge in [0.05, 0.1) is 17.1 Å². The van der Waals surface area contributed by atoms with Crippen LogP contribution < -0.4 is 7.58 Å². The number of benzene rings is 5. The summed E-state index contributed by atoms with van der Waals surface area (Å²) < 4.78 is 23.8. The molecule has 7 aromatic rings. The van der Waals surface area contributed by atoms with Crippen molar-refractivity contribution in [3.8, 4) is 57.0 Å². The molecule has 0 spiro atoms. The number of aromatic nitrogens is 3. The van der Waals surface area contributed by atoms with E-state index < -0.39 is 15.9 Å². The van der Waals surface area contributed by atoms with Crippen LogP contribution in [0.4, 0.5) is 0 Å². The first-order valence-electron chi connectivity index (χ1n) is 13.0. The summed E-state index contributed by atoms with van der Waals surface area (Å²) in [5, 5.41) is 8.48. The quantitative estimate of drug-likeness (QED) is 0.178. The molecule has 0 bridgehead atoms. The Labute approximate surface area is 242 Å². The summed E-state index contributed by atoms with van der Waals surface area (Å²) in [7, 11) is 0. The van der Waals surface area contributed by atoms with Gasteiger partial charge >= 0.3 is 15.9 Å². The average molecular weight is 551 g/mol. The Morgan fingerprint density at radius 3 is 1.85 bits per heavy atom. The van der Waals surface area contributed by atoms with Gasteiger partial charge in [-0.25, -0.2) is 4.98 Å². The highest BCUT2D eigenvalue weighted by Gasteiger charge is 2.16. The zero-order chi connectivity index (χ0) is 27.4. The van der Waals surface area contributed by atoms with Gasteiger partial charge < -0.3 is 16.4 Å². The van der Waals surface area contributed by atoms with Crippen molar-refractivity contribution in [2.75, 3.05) is 0 Å². The maximum Gasteiger partial charge on any atom is 0.881 e. The molecule has 195 valence electrons. The minimum Gasteiger partial charge on any atom is -0.616 e. The van der Waals surface area contributed by atoms with Gasteiger partial charge in [-0.05, 0) is 71.8 Å². The van der Waals surface area contributed by atoms with E-state index in [1.165, 1.54) is 0 Å². The van der Waals surface area contributed by atoms with Crippen molar-refractivity contribution in [2.24, 2.45) is 0 Å². The molecule has 0 amide bonds. The average Bonchev–Trinajstić information content (AvgIpc) is 3.70. The molecule has 41 heavy (non-hydrogen) atoms. The number of fused-ring (bicyclic) bond motifs is 1. The van der Waals surface area contributed by atoms with Gasteiger partial charge in [0.1, 0.15) is 5.52 Å². The lowest BCUT2D eigenvalue weighted by Crippen LogP contribution is -2.11. The normalized spacial score (nSPS) is 10.9. The fourth-order valence-corrected chi connectivity index (χ4v) is 5.06. The third-order valence-electron chi connectivity index (χ3n) is 6.54. The summed E-state index contributed by atoms with van der Waals surface area (Å²) >= 11 is -0.829. The van der Waals surface area contributed by atoms with Gasteiger partial charge in [-0.1, -0.05) is 66.7 Å². The molecular weight excluding hydrogens is 529 g/mol. The first kappa shape index (κ1) is 24.9. The molecule has 2 heterocycles. The number of hydrogen-bond donors (Lipinski definition) is 0. The van der Waals surface area contributed by atoms with Crippen LogP contribution in [-0.2, 0) is 0 Å². The molecule has 0 atom stereocenters. The third kappa shape index (κ3) is 5.35. The molecule has 0 aliphatic carbocycles. The Morgan fingerprint density at radius 1 is 0.488 bits per heavy atom. The van der Waals surface area contributed by atoms with Crippen LogP contribution >= 0.6 is 0 Å². The summed E-state index contributed by atoms with van der Waals surface area (Å²) in [4.78, 5) is 4.59. The molecular formula is C33H21AlN3O4. The number of hydrogen-bond acceptors (Lipinski definition) is 7. The minimum absolute atomic E-state index is 0.439. The van der Waals surface area contributed by atoms with E-state index in [1.807, 2.05) is 103 Å². The molecule has 8 heteroatoms. The van der Waals surface area contributed by atoms with Crippen molar-refractivity contribution >= 4 is 27.0 Å². The van der Waals surface area contributed by atoms with Crippen molar-refractivity contribution in [3.63, 3.8) is 0 Å². The number of nitrogens with zero attached hydrogens (tertiary/aromatic N) is 3. The lowest BCUT2D eigenvalue weighted by atomic mass is 10.0. The SMILES string of the molecule is c1ccc(-c2ccc(-c3nnc(-c4ccc([O][Al][O]c5ccccc5-c5nc6ccccc6o5)cc4)o3)cc2)cc1. The third-order valence-corrected chi connectivity index (χ3v) is 7.25. The van der Waals surface area contributed by atoms with Crippen molar-refractivity contribution in [3.05, 3.63) is 127 Å². The Kier molecular flexibility index (Phi) is 6.75. The molecule has 7 rings (SSSR count). The van der Waals surface area contributed by atoms with Gasteiger partial charge in [-0.15, -0.1) is 10.2 Å². The highest BCUT2D eigenvalue weighted by Crippen LogP contribution is 2.32. The lowest BCUT2D eigenvalue weighted by Gasteiger charge is -2.11. The Bertz CT molecular complexity index is 1880. The molecule has 0 aliphatic rings. The molecule has 0 saturated carbocycles. The second kappa shape index (κ2) is 11.1. The second-order valence-electron chi connectivity index (χ2n) is 9.19.